The number of carbonyl (C=O) groups is 1. The fraction of sp³-hybridized carbons (Fsp3) is 0.562. The molecule has 1 aromatic carbocycles. The normalized spacial score (nSPS) is 29.3. The van der Waals surface area contributed by atoms with Crippen LogP contribution in [0.3, 0.4) is 0 Å². The zero-order chi connectivity index (χ0) is 13.4. The number of rotatable bonds is 2. The van der Waals surface area contributed by atoms with Crippen molar-refractivity contribution in [2.24, 2.45) is 0 Å². The van der Waals surface area contributed by atoms with E-state index in [-0.39, 0.29) is 5.92 Å². The Morgan fingerprint density at radius 1 is 1.26 bits per heavy atom. The molecule has 0 bridgehead atoms. The summed E-state index contributed by atoms with van der Waals surface area (Å²) in [5, 5.41) is 0. The van der Waals surface area contributed by atoms with E-state index in [9.17, 15) is 4.79 Å². The molecule has 0 aromatic heterocycles. The molecule has 2 nitrogen and oxygen atoms in total. The number of carbonyl (C=O) groups excluding carboxylic acids is 1. The lowest BCUT2D eigenvalue weighted by Gasteiger charge is -2.39. The SMILES string of the molecule is CN(C(=O)C1Cc2ccccc21)C1CCCCC1Br. The number of alkyl halides is 1. The van der Waals surface area contributed by atoms with Crippen LogP contribution in [0.5, 0.6) is 0 Å². The van der Waals surface area contributed by atoms with Crippen LogP contribution in [0.1, 0.15) is 42.7 Å². The van der Waals surface area contributed by atoms with Crippen molar-refractivity contribution in [3.8, 4) is 0 Å². The second-order valence-electron chi connectivity index (χ2n) is 5.77. The molecule has 1 saturated carbocycles. The Hall–Kier alpha value is -0.830. The maximum atomic E-state index is 12.6. The average molecular weight is 322 g/mol. The maximum absolute atomic E-state index is 12.6. The molecule has 0 spiro atoms. The third kappa shape index (κ3) is 2.33. The molecule has 1 amide bonds. The van der Waals surface area contributed by atoms with E-state index in [1.165, 1.54) is 30.4 Å². The van der Waals surface area contributed by atoms with E-state index >= 15 is 0 Å². The summed E-state index contributed by atoms with van der Waals surface area (Å²) in [6.45, 7) is 0. The van der Waals surface area contributed by atoms with Crippen molar-refractivity contribution >= 4 is 21.8 Å². The molecule has 0 radical (unpaired) electrons. The standard InChI is InChI=1S/C16H20BrNO/c1-18(15-9-5-4-8-14(15)17)16(19)13-10-11-6-2-3-7-12(11)13/h2-3,6-7,13-15H,4-5,8-10H2,1H3. The summed E-state index contributed by atoms with van der Waals surface area (Å²) in [5.41, 5.74) is 2.58. The predicted octanol–water partition coefficient (Wildman–Crippen LogP) is 3.49. The van der Waals surface area contributed by atoms with Crippen molar-refractivity contribution in [1.82, 2.24) is 4.90 Å². The van der Waals surface area contributed by atoms with Gasteiger partial charge in [-0.2, -0.15) is 0 Å². The van der Waals surface area contributed by atoms with Gasteiger partial charge in [0.05, 0.1) is 5.92 Å². The van der Waals surface area contributed by atoms with E-state index in [1.54, 1.807) is 0 Å². The minimum Gasteiger partial charge on any atom is -0.341 e. The van der Waals surface area contributed by atoms with E-state index in [4.69, 9.17) is 0 Å². The Morgan fingerprint density at radius 3 is 2.74 bits per heavy atom. The van der Waals surface area contributed by atoms with Crippen molar-refractivity contribution < 1.29 is 4.79 Å². The number of nitrogens with zero attached hydrogens (tertiary/aromatic N) is 1. The Labute approximate surface area is 123 Å². The highest BCUT2D eigenvalue weighted by Gasteiger charge is 2.37. The zero-order valence-electron chi connectivity index (χ0n) is 11.3. The summed E-state index contributed by atoms with van der Waals surface area (Å²) in [4.78, 5) is 15.1. The Morgan fingerprint density at radius 2 is 2.00 bits per heavy atom. The van der Waals surface area contributed by atoms with Gasteiger partial charge in [0.25, 0.3) is 0 Å². The van der Waals surface area contributed by atoms with Gasteiger partial charge in [0.15, 0.2) is 0 Å². The average Bonchev–Trinajstić information content (AvgIpc) is 2.40. The fourth-order valence-corrected chi connectivity index (χ4v) is 4.33. The molecule has 0 N–H and O–H groups in total. The maximum Gasteiger partial charge on any atom is 0.230 e. The Kier molecular flexibility index (Phi) is 3.66. The zero-order valence-corrected chi connectivity index (χ0v) is 12.9. The molecule has 1 aromatic rings. The molecule has 102 valence electrons. The first-order chi connectivity index (χ1) is 9.18. The molecule has 3 rings (SSSR count). The number of likely N-dealkylation sites (N-methyl/N-ethyl adjacent to an activating group) is 1. The highest BCUT2D eigenvalue weighted by Crippen LogP contribution is 2.37. The van der Waals surface area contributed by atoms with E-state index in [1.807, 2.05) is 18.0 Å². The molecule has 0 aliphatic heterocycles. The number of benzene rings is 1. The molecular weight excluding hydrogens is 302 g/mol. The monoisotopic (exact) mass is 321 g/mol. The summed E-state index contributed by atoms with van der Waals surface area (Å²) in [7, 11) is 1.98. The molecule has 2 aliphatic rings. The highest BCUT2D eigenvalue weighted by molar-refractivity contribution is 9.09. The van der Waals surface area contributed by atoms with Crippen LogP contribution in [0, 0.1) is 0 Å². The Balaban J connectivity index is 1.71. The van der Waals surface area contributed by atoms with Crippen LogP contribution in [0.2, 0.25) is 0 Å². The molecule has 2 aliphatic carbocycles. The van der Waals surface area contributed by atoms with Gasteiger partial charge in [-0.3, -0.25) is 4.79 Å². The van der Waals surface area contributed by atoms with Crippen LogP contribution in [0.15, 0.2) is 24.3 Å². The van der Waals surface area contributed by atoms with Gasteiger partial charge in [-0.15, -0.1) is 0 Å². The molecule has 3 unspecified atom stereocenters. The van der Waals surface area contributed by atoms with Gasteiger partial charge in [0.1, 0.15) is 0 Å². The molecule has 0 heterocycles. The lowest BCUT2D eigenvalue weighted by molar-refractivity contribution is -0.134. The molecule has 0 saturated heterocycles. The van der Waals surface area contributed by atoms with E-state index < -0.39 is 0 Å². The summed E-state index contributed by atoms with van der Waals surface area (Å²) >= 11 is 3.75. The van der Waals surface area contributed by atoms with Gasteiger partial charge in [-0.05, 0) is 30.4 Å². The topological polar surface area (TPSA) is 20.3 Å². The highest BCUT2D eigenvalue weighted by atomic mass is 79.9. The summed E-state index contributed by atoms with van der Waals surface area (Å²) in [6, 6.07) is 8.69. The first-order valence-electron chi connectivity index (χ1n) is 7.17. The number of hydrogen-bond acceptors (Lipinski definition) is 1. The largest absolute Gasteiger partial charge is 0.341 e. The quantitative estimate of drug-likeness (QED) is 0.763. The molecule has 3 atom stereocenters. The van der Waals surface area contributed by atoms with E-state index in [0.717, 1.165) is 12.8 Å². The van der Waals surface area contributed by atoms with Crippen LogP contribution in [-0.4, -0.2) is 28.7 Å². The van der Waals surface area contributed by atoms with Gasteiger partial charge in [-0.1, -0.05) is 53.0 Å². The second kappa shape index (κ2) is 5.28. The first kappa shape index (κ1) is 13.2. The van der Waals surface area contributed by atoms with Gasteiger partial charge in [0.2, 0.25) is 5.91 Å². The summed E-state index contributed by atoms with van der Waals surface area (Å²) < 4.78 is 0. The number of hydrogen-bond donors (Lipinski definition) is 0. The molecular formula is C16H20BrNO. The predicted molar refractivity (Wildman–Crippen MR) is 80.6 cm³/mol. The van der Waals surface area contributed by atoms with Gasteiger partial charge >= 0.3 is 0 Å². The lowest BCUT2D eigenvalue weighted by Crippen LogP contribution is -2.47. The van der Waals surface area contributed by atoms with Crippen LogP contribution in [-0.2, 0) is 11.2 Å². The molecule has 3 heteroatoms. The number of halogens is 1. The van der Waals surface area contributed by atoms with Gasteiger partial charge in [-0.25, -0.2) is 0 Å². The van der Waals surface area contributed by atoms with Crippen molar-refractivity contribution in [2.75, 3.05) is 7.05 Å². The number of fused-ring (bicyclic) bond motifs is 1. The van der Waals surface area contributed by atoms with Crippen molar-refractivity contribution in [2.45, 2.75) is 48.9 Å². The second-order valence-corrected chi connectivity index (χ2v) is 6.95. The third-order valence-corrected chi connectivity index (χ3v) is 5.71. The lowest BCUT2D eigenvalue weighted by atomic mass is 9.76. The van der Waals surface area contributed by atoms with Gasteiger partial charge < -0.3 is 4.90 Å². The minimum absolute atomic E-state index is 0.0998. The van der Waals surface area contributed by atoms with Crippen LogP contribution < -0.4 is 0 Å². The van der Waals surface area contributed by atoms with Crippen LogP contribution in [0.25, 0.3) is 0 Å². The van der Waals surface area contributed by atoms with E-state index in [0.29, 0.717) is 16.8 Å². The van der Waals surface area contributed by atoms with Crippen molar-refractivity contribution in [1.29, 1.82) is 0 Å². The number of amides is 1. The van der Waals surface area contributed by atoms with E-state index in [2.05, 4.69) is 34.1 Å². The summed E-state index contributed by atoms with van der Waals surface area (Å²) in [6.07, 6.45) is 5.75. The molecule has 19 heavy (non-hydrogen) atoms. The van der Waals surface area contributed by atoms with Crippen LogP contribution in [0.4, 0.5) is 0 Å². The summed E-state index contributed by atoms with van der Waals surface area (Å²) in [5.74, 6) is 0.401. The van der Waals surface area contributed by atoms with Crippen molar-refractivity contribution in [3.63, 3.8) is 0 Å². The third-order valence-electron chi connectivity index (χ3n) is 4.65. The van der Waals surface area contributed by atoms with Gasteiger partial charge in [0, 0.05) is 17.9 Å². The smallest absolute Gasteiger partial charge is 0.230 e. The molecule has 1 fully saturated rings. The Bertz CT molecular complexity index is 487. The van der Waals surface area contributed by atoms with Crippen molar-refractivity contribution in [3.05, 3.63) is 35.4 Å². The van der Waals surface area contributed by atoms with Crippen LogP contribution >= 0.6 is 15.9 Å². The first-order valence-corrected chi connectivity index (χ1v) is 8.08. The fourth-order valence-electron chi connectivity index (χ4n) is 3.39. The minimum atomic E-state index is 0.0998.